The number of anilines is 3. The summed E-state index contributed by atoms with van der Waals surface area (Å²) >= 11 is 0. The largest absolute Gasteiger partial charge is 0.310 e. The van der Waals surface area contributed by atoms with Gasteiger partial charge >= 0.3 is 0 Å². The molecule has 0 spiro atoms. The summed E-state index contributed by atoms with van der Waals surface area (Å²) in [5.74, 6) is 2.67. The van der Waals surface area contributed by atoms with Gasteiger partial charge in [-0.3, -0.25) is 0 Å². The van der Waals surface area contributed by atoms with E-state index in [1.165, 1.54) is 122 Å². The predicted octanol–water partition coefficient (Wildman–Crippen LogP) is 18.9. The Kier molecular flexibility index (Phi) is 10.4. The molecule has 6 aliphatic carbocycles. The molecule has 370 valence electrons. The first-order valence-electron chi connectivity index (χ1n) is 28.1. The molecule has 0 aliphatic heterocycles. The molecule has 75 heavy (non-hydrogen) atoms. The van der Waals surface area contributed by atoms with Crippen LogP contribution in [0.4, 0.5) is 17.1 Å². The van der Waals surface area contributed by atoms with E-state index in [1.54, 1.807) is 5.56 Å². The van der Waals surface area contributed by atoms with E-state index in [0.29, 0.717) is 5.41 Å². The maximum Gasteiger partial charge on any atom is 0.0714 e. The van der Waals surface area contributed by atoms with Crippen LogP contribution in [-0.4, -0.2) is 0 Å². The topological polar surface area (TPSA) is 3.24 Å². The van der Waals surface area contributed by atoms with Crippen molar-refractivity contribution in [3.63, 3.8) is 0 Å². The lowest BCUT2D eigenvalue weighted by atomic mass is 9.48. The third kappa shape index (κ3) is 7.02. The fourth-order valence-electron chi connectivity index (χ4n) is 16.1. The predicted molar refractivity (Wildman–Crippen MR) is 313 cm³/mol. The Bertz CT molecular complexity index is 3390. The molecule has 0 aromatic heterocycles. The van der Waals surface area contributed by atoms with E-state index in [2.05, 4.69) is 265 Å². The Morgan fingerprint density at radius 1 is 0.320 bits per heavy atom. The van der Waals surface area contributed by atoms with E-state index in [4.69, 9.17) is 0 Å². The molecule has 15 rings (SSSR count). The number of nitrogens with zero attached hydrogens (tertiary/aromatic N) is 1. The summed E-state index contributed by atoms with van der Waals surface area (Å²) in [4.78, 5) is 2.59. The van der Waals surface area contributed by atoms with E-state index in [-0.39, 0.29) is 10.8 Å². The average molecular weight is 972 g/mol. The van der Waals surface area contributed by atoms with Gasteiger partial charge in [-0.25, -0.2) is 0 Å². The molecular weight excluding hydrogens is 903 g/mol. The van der Waals surface area contributed by atoms with E-state index in [9.17, 15) is 0 Å². The monoisotopic (exact) mass is 972 g/mol. The summed E-state index contributed by atoms with van der Waals surface area (Å²) in [6.07, 6.45) is 8.42. The molecule has 0 saturated heterocycles. The fraction of sp³-hybridized carbons (Fsp3) is 0.270. The molecule has 2 unspecified atom stereocenters. The Hall–Kier alpha value is -7.22. The van der Waals surface area contributed by atoms with Crippen molar-refractivity contribution in [2.75, 3.05) is 4.90 Å². The molecule has 9 aromatic rings. The van der Waals surface area contributed by atoms with Crippen LogP contribution >= 0.6 is 0 Å². The zero-order valence-electron chi connectivity index (χ0n) is 44.7. The van der Waals surface area contributed by atoms with Gasteiger partial charge in [-0.2, -0.15) is 0 Å². The van der Waals surface area contributed by atoms with Gasteiger partial charge in [-0.05, 0) is 192 Å². The van der Waals surface area contributed by atoms with Crippen molar-refractivity contribution in [2.24, 2.45) is 17.8 Å². The van der Waals surface area contributed by atoms with E-state index in [1.807, 2.05) is 0 Å². The van der Waals surface area contributed by atoms with Gasteiger partial charge in [0.25, 0.3) is 0 Å². The van der Waals surface area contributed by atoms with Crippen molar-refractivity contribution in [3.8, 4) is 22.3 Å². The van der Waals surface area contributed by atoms with Crippen LogP contribution in [0.2, 0.25) is 0 Å². The summed E-state index contributed by atoms with van der Waals surface area (Å²) < 4.78 is 0. The Morgan fingerprint density at radius 2 is 0.653 bits per heavy atom. The SMILES string of the molecule is CC(C)(C)c1ccc(C2(c3ccccc3)c3ccccc3-c3ccc(N(c4ccc(C56CC7CC(CC(C7)C5)C6)cc4)c4ccc5c(c4)C(c4ccccc4)(c4ccc(C(C)(C)C)cc4)c4ccccc4-5)cc32)cc1. The summed E-state index contributed by atoms with van der Waals surface area (Å²) in [6.45, 7) is 13.9. The van der Waals surface area contributed by atoms with Gasteiger partial charge < -0.3 is 4.90 Å². The lowest BCUT2D eigenvalue weighted by molar-refractivity contribution is -0.00518. The van der Waals surface area contributed by atoms with Crippen LogP contribution in [0.25, 0.3) is 22.3 Å². The van der Waals surface area contributed by atoms with Crippen LogP contribution in [0, 0.1) is 17.8 Å². The van der Waals surface area contributed by atoms with Gasteiger partial charge in [0.15, 0.2) is 0 Å². The number of hydrogen-bond acceptors (Lipinski definition) is 1. The fourth-order valence-corrected chi connectivity index (χ4v) is 16.1. The lowest BCUT2D eigenvalue weighted by Gasteiger charge is -2.57. The number of fused-ring (bicyclic) bond motifs is 6. The molecule has 1 heteroatoms. The smallest absolute Gasteiger partial charge is 0.0714 e. The van der Waals surface area contributed by atoms with Crippen molar-refractivity contribution in [1.82, 2.24) is 0 Å². The highest BCUT2D eigenvalue weighted by Gasteiger charge is 2.52. The molecule has 4 saturated carbocycles. The highest BCUT2D eigenvalue weighted by Crippen LogP contribution is 2.62. The van der Waals surface area contributed by atoms with Gasteiger partial charge in [0, 0.05) is 17.1 Å². The van der Waals surface area contributed by atoms with Gasteiger partial charge in [-0.1, -0.05) is 224 Å². The first kappa shape index (κ1) is 46.3. The molecule has 9 aromatic carbocycles. The van der Waals surface area contributed by atoms with Gasteiger partial charge in [0.1, 0.15) is 0 Å². The summed E-state index contributed by atoms with van der Waals surface area (Å²) in [7, 11) is 0. The second-order valence-electron chi connectivity index (χ2n) is 25.5. The quantitative estimate of drug-likeness (QED) is 0.147. The summed E-state index contributed by atoms with van der Waals surface area (Å²) in [6, 6.07) is 85.0. The van der Waals surface area contributed by atoms with Crippen LogP contribution in [-0.2, 0) is 27.1 Å². The zero-order chi connectivity index (χ0) is 50.9. The van der Waals surface area contributed by atoms with Gasteiger partial charge in [-0.15, -0.1) is 0 Å². The van der Waals surface area contributed by atoms with Crippen molar-refractivity contribution >= 4 is 17.1 Å². The average Bonchev–Trinajstić information content (AvgIpc) is 3.99. The Morgan fingerprint density at radius 3 is 1.05 bits per heavy atom. The number of hydrogen-bond donors (Lipinski definition) is 0. The third-order valence-corrected chi connectivity index (χ3v) is 19.1. The standard InChI is InChI=1S/C74H69N/c1-70(2,3)52-25-29-57(30-26-52)73(55-17-9-7-10-18-55)66-23-15-13-21-62(66)64-39-37-60(44-68(64)73)75(59-35-33-54(34-36-59)72-46-49-41-50(47-72)43-51(42-49)48-72)61-38-40-65-63-22-14-16-24-67(63)74(69(65)45-61,56-19-11-8-12-20-56)58-31-27-53(28-32-58)71(4,5)6/h7-40,44-45,49-51H,41-43,46-48H2,1-6H3. The Balaban J connectivity index is 1.01. The molecule has 6 aliphatic rings. The van der Waals surface area contributed by atoms with Crippen LogP contribution in [0.1, 0.15) is 141 Å². The lowest BCUT2D eigenvalue weighted by Crippen LogP contribution is -2.48. The zero-order valence-corrected chi connectivity index (χ0v) is 44.7. The normalized spacial score (nSPS) is 23.8. The molecule has 1 nitrogen and oxygen atoms in total. The highest BCUT2D eigenvalue weighted by atomic mass is 15.1. The third-order valence-electron chi connectivity index (χ3n) is 19.1. The van der Waals surface area contributed by atoms with E-state index < -0.39 is 10.8 Å². The molecule has 0 N–H and O–H groups in total. The molecule has 0 radical (unpaired) electrons. The van der Waals surface area contributed by atoms with Crippen molar-refractivity contribution in [3.05, 3.63) is 280 Å². The number of benzene rings is 9. The molecule has 2 atom stereocenters. The van der Waals surface area contributed by atoms with E-state index >= 15 is 0 Å². The van der Waals surface area contributed by atoms with Crippen LogP contribution < -0.4 is 4.90 Å². The first-order chi connectivity index (χ1) is 36.3. The summed E-state index contributed by atoms with van der Waals surface area (Å²) in [5.41, 5.74) is 22.7. The molecule has 4 fully saturated rings. The molecule has 4 bridgehead atoms. The van der Waals surface area contributed by atoms with Crippen molar-refractivity contribution in [2.45, 2.75) is 107 Å². The minimum absolute atomic E-state index is 0.0358. The minimum Gasteiger partial charge on any atom is -0.310 e. The molecule has 0 amide bonds. The molecule has 0 heterocycles. The second kappa shape index (κ2) is 16.9. The van der Waals surface area contributed by atoms with Crippen LogP contribution in [0.3, 0.4) is 0 Å². The van der Waals surface area contributed by atoms with Crippen LogP contribution in [0.5, 0.6) is 0 Å². The van der Waals surface area contributed by atoms with Gasteiger partial charge in [0.05, 0.1) is 10.8 Å². The maximum absolute atomic E-state index is 2.59. The number of rotatable bonds is 8. The van der Waals surface area contributed by atoms with Crippen molar-refractivity contribution in [1.29, 1.82) is 0 Å². The maximum atomic E-state index is 2.59. The van der Waals surface area contributed by atoms with E-state index in [0.717, 1.165) is 29.1 Å². The first-order valence-corrected chi connectivity index (χ1v) is 28.1. The Labute approximate surface area is 446 Å². The van der Waals surface area contributed by atoms with Crippen LogP contribution in [0.15, 0.2) is 218 Å². The second-order valence-corrected chi connectivity index (χ2v) is 25.5. The molecular formula is C74H69N. The summed E-state index contributed by atoms with van der Waals surface area (Å²) in [5, 5.41) is 0. The highest BCUT2D eigenvalue weighted by molar-refractivity contribution is 5.92. The van der Waals surface area contributed by atoms with Crippen molar-refractivity contribution < 1.29 is 0 Å². The minimum atomic E-state index is -0.547. The van der Waals surface area contributed by atoms with Gasteiger partial charge in [0.2, 0.25) is 0 Å².